The summed E-state index contributed by atoms with van der Waals surface area (Å²) in [6.07, 6.45) is 4.68. The molecule has 0 heterocycles. The van der Waals surface area contributed by atoms with E-state index in [4.69, 9.17) is 19.3 Å². The van der Waals surface area contributed by atoms with Crippen molar-refractivity contribution >= 4 is 12.3 Å². The first-order valence-electron chi connectivity index (χ1n) is 9.49. The second kappa shape index (κ2) is 8.25. The highest BCUT2D eigenvalue weighted by Crippen LogP contribution is 2.43. The largest absolute Gasteiger partial charge is 0.508 e. The number of hydrogen-bond acceptors (Lipinski definition) is 6. The normalized spacial score (nSPS) is 38.3. The van der Waals surface area contributed by atoms with Gasteiger partial charge in [0.25, 0.3) is 0 Å². The quantitative estimate of drug-likeness (QED) is 0.746. The molecule has 0 amide bonds. The Kier molecular flexibility index (Phi) is 6.04. The van der Waals surface area contributed by atoms with E-state index in [2.05, 4.69) is 0 Å². The van der Waals surface area contributed by atoms with Gasteiger partial charge in [0.15, 0.2) is 0 Å². The first-order valence-corrected chi connectivity index (χ1v) is 9.49. The molecule has 0 aromatic heterocycles. The average Bonchev–Trinajstić information content (AvgIpc) is 2.57. The molecular weight excluding hydrogens is 328 g/mol. The molecule has 0 spiro atoms. The standard InChI is InChI=1S/C18H28O7/c19-13-7-1-2-8-16(13)25-18(22)24-15-10-4-5-11-12(15)6-3-9-14(11)23-17(20)21/h11-16,19H,1-10H2,(H,20,21). The van der Waals surface area contributed by atoms with Crippen LogP contribution in [0.15, 0.2) is 0 Å². The molecule has 0 saturated heterocycles. The minimum Gasteiger partial charge on any atom is -0.450 e. The molecule has 3 fully saturated rings. The van der Waals surface area contributed by atoms with Gasteiger partial charge in [-0.3, -0.25) is 0 Å². The summed E-state index contributed by atoms with van der Waals surface area (Å²) in [6, 6.07) is 0. The number of carbonyl (C=O) groups is 2. The van der Waals surface area contributed by atoms with Crippen LogP contribution in [0, 0.1) is 11.8 Å². The van der Waals surface area contributed by atoms with Gasteiger partial charge in [0.05, 0.1) is 6.10 Å². The SMILES string of the molecule is O=C(O)OC1CCCC2C(OC(=O)OC3CCCCC3O)CCCC12. The zero-order valence-electron chi connectivity index (χ0n) is 14.5. The Balaban J connectivity index is 1.56. The Hall–Kier alpha value is -1.50. The number of aliphatic hydroxyl groups excluding tert-OH is 1. The summed E-state index contributed by atoms with van der Waals surface area (Å²) in [4.78, 5) is 23.1. The molecule has 6 unspecified atom stereocenters. The third-order valence-electron chi connectivity index (χ3n) is 5.97. The van der Waals surface area contributed by atoms with Gasteiger partial charge in [-0.2, -0.15) is 0 Å². The predicted octanol–water partition coefficient (Wildman–Crippen LogP) is 3.48. The van der Waals surface area contributed by atoms with Crippen molar-refractivity contribution in [3.8, 4) is 0 Å². The Labute approximate surface area is 147 Å². The van der Waals surface area contributed by atoms with Gasteiger partial charge in [-0.15, -0.1) is 0 Å². The molecule has 0 aromatic rings. The number of aliphatic hydroxyl groups is 1. The van der Waals surface area contributed by atoms with Crippen LogP contribution in [0.5, 0.6) is 0 Å². The van der Waals surface area contributed by atoms with Crippen molar-refractivity contribution in [3.63, 3.8) is 0 Å². The van der Waals surface area contributed by atoms with E-state index >= 15 is 0 Å². The van der Waals surface area contributed by atoms with Gasteiger partial charge in [-0.1, -0.05) is 6.42 Å². The maximum absolute atomic E-state index is 12.2. The van der Waals surface area contributed by atoms with Crippen LogP contribution >= 0.6 is 0 Å². The topological polar surface area (TPSA) is 102 Å². The summed E-state index contributed by atoms with van der Waals surface area (Å²) in [5.74, 6) is 0.229. The fourth-order valence-corrected chi connectivity index (χ4v) is 4.80. The van der Waals surface area contributed by atoms with Gasteiger partial charge < -0.3 is 24.4 Å². The number of rotatable bonds is 3. The second-order valence-electron chi connectivity index (χ2n) is 7.53. The van der Waals surface area contributed by atoms with Crippen LogP contribution in [-0.2, 0) is 14.2 Å². The summed E-state index contributed by atoms with van der Waals surface area (Å²) < 4.78 is 16.0. The molecule has 6 atom stereocenters. The van der Waals surface area contributed by atoms with E-state index < -0.39 is 24.5 Å². The number of hydrogen-bond donors (Lipinski definition) is 2. The molecule has 3 saturated carbocycles. The van der Waals surface area contributed by atoms with Crippen molar-refractivity contribution < 1.29 is 34.0 Å². The maximum Gasteiger partial charge on any atom is 0.508 e. The first kappa shape index (κ1) is 18.3. The van der Waals surface area contributed by atoms with Crippen LogP contribution in [0.4, 0.5) is 9.59 Å². The van der Waals surface area contributed by atoms with Gasteiger partial charge in [-0.25, -0.2) is 9.59 Å². The summed E-state index contributed by atoms with van der Waals surface area (Å²) in [5, 5.41) is 18.8. The van der Waals surface area contributed by atoms with Crippen LogP contribution in [0.25, 0.3) is 0 Å². The molecular formula is C18H28O7. The van der Waals surface area contributed by atoms with Crippen LogP contribution in [-0.4, -0.2) is 46.9 Å². The molecule has 0 aliphatic heterocycles. The fourth-order valence-electron chi connectivity index (χ4n) is 4.80. The first-order chi connectivity index (χ1) is 12.0. The van der Waals surface area contributed by atoms with Crippen LogP contribution in [0.2, 0.25) is 0 Å². The van der Waals surface area contributed by atoms with E-state index in [1.165, 1.54) is 0 Å². The molecule has 3 rings (SSSR count). The lowest BCUT2D eigenvalue weighted by Gasteiger charge is -2.43. The number of ether oxygens (including phenoxy) is 3. The Morgan fingerprint density at radius 1 is 0.680 bits per heavy atom. The van der Waals surface area contributed by atoms with Crippen molar-refractivity contribution in [1.82, 2.24) is 0 Å². The average molecular weight is 356 g/mol. The summed E-state index contributed by atoms with van der Waals surface area (Å²) in [7, 11) is 0. The maximum atomic E-state index is 12.2. The minimum absolute atomic E-state index is 0.108. The smallest absolute Gasteiger partial charge is 0.450 e. The van der Waals surface area contributed by atoms with E-state index in [9.17, 15) is 14.7 Å². The molecule has 7 heteroatoms. The van der Waals surface area contributed by atoms with Crippen molar-refractivity contribution in [1.29, 1.82) is 0 Å². The van der Waals surface area contributed by atoms with E-state index in [1.54, 1.807) is 0 Å². The van der Waals surface area contributed by atoms with E-state index in [0.29, 0.717) is 12.8 Å². The van der Waals surface area contributed by atoms with Crippen LogP contribution < -0.4 is 0 Å². The van der Waals surface area contributed by atoms with Gasteiger partial charge >= 0.3 is 12.3 Å². The third-order valence-corrected chi connectivity index (χ3v) is 5.97. The van der Waals surface area contributed by atoms with Gasteiger partial charge in [-0.05, 0) is 57.8 Å². The lowest BCUT2D eigenvalue weighted by molar-refractivity contribution is -0.100. The second-order valence-corrected chi connectivity index (χ2v) is 7.53. The lowest BCUT2D eigenvalue weighted by Crippen LogP contribution is -2.45. The molecule has 7 nitrogen and oxygen atoms in total. The highest BCUT2D eigenvalue weighted by molar-refractivity contribution is 5.60. The van der Waals surface area contributed by atoms with Crippen LogP contribution in [0.1, 0.15) is 64.2 Å². The predicted molar refractivity (Wildman–Crippen MR) is 87.2 cm³/mol. The highest BCUT2D eigenvalue weighted by atomic mass is 16.7. The lowest BCUT2D eigenvalue weighted by atomic mass is 9.68. The number of carbonyl (C=O) groups excluding carboxylic acids is 1. The van der Waals surface area contributed by atoms with Gasteiger partial charge in [0.1, 0.15) is 18.3 Å². The third kappa shape index (κ3) is 4.57. The van der Waals surface area contributed by atoms with E-state index in [0.717, 1.165) is 51.4 Å². The minimum atomic E-state index is -1.24. The summed E-state index contributed by atoms with van der Waals surface area (Å²) >= 11 is 0. The molecule has 0 aromatic carbocycles. The highest BCUT2D eigenvalue weighted by Gasteiger charge is 2.44. The van der Waals surface area contributed by atoms with Crippen molar-refractivity contribution in [3.05, 3.63) is 0 Å². The fraction of sp³-hybridized carbons (Fsp3) is 0.889. The summed E-state index contributed by atoms with van der Waals surface area (Å²) in [5.41, 5.74) is 0. The zero-order valence-corrected chi connectivity index (χ0v) is 14.5. The van der Waals surface area contributed by atoms with Crippen molar-refractivity contribution in [2.75, 3.05) is 0 Å². The Bertz CT molecular complexity index is 480. The number of carboxylic acid groups (broad SMARTS) is 1. The van der Waals surface area contributed by atoms with Gasteiger partial charge in [0, 0.05) is 11.8 Å². The molecule has 0 bridgehead atoms. The molecule has 3 aliphatic carbocycles. The van der Waals surface area contributed by atoms with Crippen LogP contribution in [0.3, 0.4) is 0 Å². The Morgan fingerprint density at radius 2 is 1.20 bits per heavy atom. The number of fused-ring (bicyclic) bond motifs is 1. The van der Waals surface area contributed by atoms with E-state index in [-0.39, 0.29) is 24.0 Å². The molecule has 3 aliphatic rings. The Morgan fingerprint density at radius 3 is 1.80 bits per heavy atom. The van der Waals surface area contributed by atoms with Crippen molar-refractivity contribution in [2.45, 2.75) is 88.6 Å². The monoisotopic (exact) mass is 356 g/mol. The molecule has 142 valence electrons. The van der Waals surface area contributed by atoms with E-state index in [1.807, 2.05) is 0 Å². The van der Waals surface area contributed by atoms with Crippen molar-refractivity contribution in [2.24, 2.45) is 11.8 Å². The molecule has 25 heavy (non-hydrogen) atoms. The molecule has 0 radical (unpaired) electrons. The zero-order chi connectivity index (χ0) is 17.8. The molecule has 2 N–H and O–H groups in total. The summed E-state index contributed by atoms with van der Waals surface area (Å²) in [6.45, 7) is 0. The van der Waals surface area contributed by atoms with Gasteiger partial charge in [0.2, 0.25) is 0 Å².